The summed E-state index contributed by atoms with van der Waals surface area (Å²) in [4.78, 5) is 12.8. The van der Waals surface area contributed by atoms with Gasteiger partial charge < -0.3 is 4.74 Å². The average Bonchev–Trinajstić information content (AvgIpc) is 2.85. The molecule has 3 aliphatic rings. The highest BCUT2D eigenvalue weighted by Gasteiger charge is 2.39. The molecule has 188 valence electrons. The molecule has 0 N–H and O–H groups in total. The van der Waals surface area contributed by atoms with E-state index in [0.717, 1.165) is 61.7 Å². The molecule has 0 aromatic heterocycles. The third kappa shape index (κ3) is 6.52. The standard InChI is InChI=1S/C31H45FO2/c1-3-5-6-8-24-17-18-29(21-30(24)32)34-31(33)25-13-11-23(12-14-25)27-16-15-26-19-22(7-4-2)9-10-28(26)20-27/h3,5,17-18,21-23,25-28H,4,6-16,19-20H2,1-2H3/b5-3+. The van der Waals surface area contributed by atoms with Crippen molar-refractivity contribution in [2.45, 2.75) is 104 Å². The second kappa shape index (κ2) is 12.4. The Kier molecular flexibility index (Phi) is 9.25. The van der Waals surface area contributed by atoms with E-state index in [-0.39, 0.29) is 17.7 Å². The van der Waals surface area contributed by atoms with Crippen molar-refractivity contribution >= 4 is 5.97 Å². The molecule has 0 heterocycles. The van der Waals surface area contributed by atoms with Gasteiger partial charge in [0.05, 0.1) is 5.92 Å². The summed E-state index contributed by atoms with van der Waals surface area (Å²) in [6, 6.07) is 4.87. The first-order chi connectivity index (χ1) is 16.6. The van der Waals surface area contributed by atoms with Crippen molar-refractivity contribution in [3.63, 3.8) is 0 Å². The Balaban J connectivity index is 1.22. The van der Waals surface area contributed by atoms with E-state index in [1.807, 2.05) is 19.1 Å². The lowest BCUT2D eigenvalue weighted by Gasteiger charge is -2.45. The molecule has 3 saturated carbocycles. The lowest BCUT2D eigenvalue weighted by Crippen LogP contribution is -2.35. The summed E-state index contributed by atoms with van der Waals surface area (Å²) < 4.78 is 20.0. The van der Waals surface area contributed by atoms with Crippen LogP contribution >= 0.6 is 0 Å². The molecular weight excluding hydrogens is 423 g/mol. The number of ether oxygens (including phenoxy) is 1. The maximum absolute atomic E-state index is 14.4. The van der Waals surface area contributed by atoms with Crippen molar-refractivity contribution in [2.75, 3.05) is 0 Å². The summed E-state index contributed by atoms with van der Waals surface area (Å²) in [6.45, 7) is 4.30. The van der Waals surface area contributed by atoms with Gasteiger partial charge in [0.25, 0.3) is 0 Å². The molecule has 0 radical (unpaired) electrons. The number of esters is 1. The Bertz CT molecular complexity index is 823. The van der Waals surface area contributed by atoms with Crippen LogP contribution in [0, 0.1) is 41.3 Å². The Morgan fingerprint density at radius 1 is 0.971 bits per heavy atom. The number of hydrogen-bond acceptors (Lipinski definition) is 2. The summed E-state index contributed by atoms with van der Waals surface area (Å²) in [7, 11) is 0. The Hall–Kier alpha value is -1.64. The van der Waals surface area contributed by atoms with Gasteiger partial charge in [-0.2, -0.15) is 0 Å². The van der Waals surface area contributed by atoms with Crippen LogP contribution in [0.25, 0.3) is 0 Å². The molecule has 0 aliphatic heterocycles. The molecule has 34 heavy (non-hydrogen) atoms. The second-order valence-corrected chi connectivity index (χ2v) is 11.5. The number of carbonyl (C=O) groups excluding carboxylic acids is 1. The van der Waals surface area contributed by atoms with Gasteiger partial charge in [-0.15, -0.1) is 0 Å². The van der Waals surface area contributed by atoms with Crippen LogP contribution < -0.4 is 4.74 Å². The summed E-state index contributed by atoms with van der Waals surface area (Å²) in [6.07, 6.45) is 21.1. The van der Waals surface area contributed by atoms with Crippen LogP contribution in [0.4, 0.5) is 4.39 Å². The molecule has 3 heteroatoms. The number of allylic oxidation sites excluding steroid dienone is 2. The largest absolute Gasteiger partial charge is 0.426 e. The third-order valence-corrected chi connectivity index (χ3v) is 9.29. The molecule has 4 atom stereocenters. The lowest BCUT2D eigenvalue weighted by atomic mass is 9.60. The number of rotatable bonds is 8. The van der Waals surface area contributed by atoms with Gasteiger partial charge in [-0.1, -0.05) is 44.4 Å². The topological polar surface area (TPSA) is 26.3 Å². The van der Waals surface area contributed by atoms with E-state index in [1.165, 1.54) is 57.4 Å². The predicted molar refractivity (Wildman–Crippen MR) is 137 cm³/mol. The van der Waals surface area contributed by atoms with Crippen LogP contribution in [0.5, 0.6) is 5.75 Å². The normalized spacial score (nSPS) is 31.9. The van der Waals surface area contributed by atoms with Crippen LogP contribution in [0.15, 0.2) is 30.4 Å². The highest BCUT2D eigenvalue weighted by Crippen LogP contribution is 2.49. The number of benzene rings is 1. The van der Waals surface area contributed by atoms with Gasteiger partial charge in [0.15, 0.2) is 0 Å². The highest BCUT2D eigenvalue weighted by atomic mass is 19.1. The zero-order chi connectivity index (χ0) is 23.9. The fourth-order valence-electron chi connectivity index (χ4n) is 7.35. The smallest absolute Gasteiger partial charge is 0.314 e. The number of hydrogen-bond donors (Lipinski definition) is 0. The molecule has 0 saturated heterocycles. The average molecular weight is 469 g/mol. The molecule has 0 amide bonds. The quantitative estimate of drug-likeness (QED) is 0.217. The molecule has 2 nitrogen and oxygen atoms in total. The summed E-state index contributed by atoms with van der Waals surface area (Å²) in [5.41, 5.74) is 0.673. The van der Waals surface area contributed by atoms with E-state index < -0.39 is 0 Å². The van der Waals surface area contributed by atoms with Crippen molar-refractivity contribution < 1.29 is 13.9 Å². The molecule has 3 aliphatic carbocycles. The van der Waals surface area contributed by atoms with E-state index in [0.29, 0.717) is 17.7 Å². The fourth-order valence-corrected chi connectivity index (χ4v) is 7.35. The molecule has 1 aromatic rings. The molecule has 4 rings (SSSR count). The van der Waals surface area contributed by atoms with Crippen molar-refractivity contribution in [3.8, 4) is 5.75 Å². The number of carbonyl (C=O) groups is 1. The minimum atomic E-state index is -0.280. The number of halogens is 1. The van der Waals surface area contributed by atoms with Gasteiger partial charge in [0.2, 0.25) is 0 Å². The Labute approximate surface area is 206 Å². The van der Waals surface area contributed by atoms with Crippen molar-refractivity contribution in [1.82, 2.24) is 0 Å². The molecule has 0 bridgehead atoms. The maximum Gasteiger partial charge on any atom is 0.314 e. The van der Waals surface area contributed by atoms with E-state index in [4.69, 9.17) is 4.74 Å². The van der Waals surface area contributed by atoms with E-state index in [2.05, 4.69) is 6.92 Å². The SMILES string of the molecule is C/C=C/CCc1ccc(OC(=O)C2CCC(C3CCC4CC(CCC)CCC4C3)CC2)cc1F. The van der Waals surface area contributed by atoms with Crippen molar-refractivity contribution in [2.24, 2.45) is 35.5 Å². The van der Waals surface area contributed by atoms with Crippen molar-refractivity contribution in [3.05, 3.63) is 41.7 Å². The first-order valence-corrected chi connectivity index (χ1v) is 14.2. The molecule has 3 fully saturated rings. The monoisotopic (exact) mass is 468 g/mol. The lowest BCUT2D eigenvalue weighted by molar-refractivity contribution is -0.140. The minimum Gasteiger partial charge on any atom is -0.426 e. The van der Waals surface area contributed by atoms with E-state index in [9.17, 15) is 9.18 Å². The van der Waals surface area contributed by atoms with Crippen LogP contribution in [-0.4, -0.2) is 5.97 Å². The van der Waals surface area contributed by atoms with Gasteiger partial charge in [0.1, 0.15) is 11.6 Å². The molecular formula is C31H45FO2. The minimum absolute atomic E-state index is 0.0329. The van der Waals surface area contributed by atoms with Gasteiger partial charge >= 0.3 is 5.97 Å². The predicted octanol–water partition coefficient (Wildman–Crippen LogP) is 8.68. The zero-order valence-corrected chi connectivity index (χ0v) is 21.4. The van der Waals surface area contributed by atoms with E-state index >= 15 is 0 Å². The molecule has 0 spiro atoms. The second-order valence-electron chi connectivity index (χ2n) is 11.5. The van der Waals surface area contributed by atoms with Crippen LogP contribution in [0.3, 0.4) is 0 Å². The third-order valence-electron chi connectivity index (χ3n) is 9.29. The summed E-state index contributed by atoms with van der Waals surface area (Å²) >= 11 is 0. The van der Waals surface area contributed by atoms with Gasteiger partial charge in [-0.25, -0.2) is 4.39 Å². The number of fused-ring (bicyclic) bond motifs is 1. The van der Waals surface area contributed by atoms with Crippen LogP contribution in [0.2, 0.25) is 0 Å². The first-order valence-electron chi connectivity index (χ1n) is 14.2. The Morgan fingerprint density at radius 3 is 2.35 bits per heavy atom. The van der Waals surface area contributed by atoms with Crippen LogP contribution in [-0.2, 0) is 11.2 Å². The first kappa shape index (κ1) is 25.5. The summed E-state index contributed by atoms with van der Waals surface area (Å²) in [5.74, 6) is 4.46. The highest BCUT2D eigenvalue weighted by molar-refractivity contribution is 5.75. The summed E-state index contributed by atoms with van der Waals surface area (Å²) in [5, 5.41) is 0. The van der Waals surface area contributed by atoms with Gasteiger partial charge in [-0.05, 0) is 119 Å². The van der Waals surface area contributed by atoms with Gasteiger partial charge in [-0.3, -0.25) is 4.79 Å². The van der Waals surface area contributed by atoms with E-state index in [1.54, 1.807) is 12.1 Å². The zero-order valence-electron chi connectivity index (χ0n) is 21.4. The van der Waals surface area contributed by atoms with Crippen LogP contribution in [0.1, 0.15) is 103 Å². The maximum atomic E-state index is 14.4. The number of aryl methyl sites for hydroxylation is 1. The fraction of sp³-hybridized carbons (Fsp3) is 0.710. The van der Waals surface area contributed by atoms with Crippen molar-refractivity contribution in [1.29, 1.82) is 0 Å². The molecule has 1 aromatic carbocycles. The Morgan fingerprint density at radius 2 is 1.65 bits per heavy atom. The molecule has 4 unspecified atom stereocenters. The van der Waals surface area contributed by atoms with Gasteiger partial charge in [0, 0.05) is 6.07 Å².